The van der Waals surface area contributed by atoms with Crippen LogP contribution < -0.4 is 5.32 Å². The Bertz CT molecular complexity index is 376. The van der Waals surface area contributed by atoms with Crippen LogP contribution in [0, 0.1) is 0 Å². The first-order chi connectivity index (χ1) is 9.40. The smallest absolute Gasteiger partial charge is 0.323 e. The first kappa shape index (κ1) is 22.8. The average Bonchev–Trinajstić information content (AvgIpc) is 2.33. The third kappa shape index (κ3) is 6.88. The normalized spacial score (nSPS) is 14.3. The maximum Gasteiger partial charge on any atom is 0.434 e. The number of halogens is 5. The molecule has 0 heterocycles. The van der Waals surface area contributed by atoms with Crippen LogP contribution in [-0.2, 0) is 10.1 Å². The molecule has 130 valence electrons. The Balaban J connectivity index is 0. The minimum atomic E-state index is -6.36. The van der Waals surface area contributed by atoms with E-state index in [2.05, 4.69) is 5.32 Å². The van der Waals surface area contributed by atoms with E-state index in [4.69, 9.17) is 4.55 Å². The van der Waals surface area contributed by atoms with E-state index in [1.807, 2.05) is 21.0 Å². The van der Waals surface area contributed by atoms with Gasteiger partial charge in [0.15, 0.2) is 6.17 Å². The third-order valence-corrected chi connectivity index (χ3v) is 3.34. The molecule has 0 saturated carbocycles. The molecular formula is C11H22F5NO3S. The quantitative estimate of drug-likeness (QED) is 0.403. The van der Waals surface area contributed by atoms with Crippen molar-refractivity contribution >= 4 is 10.1 Å². The molecule has 0 aromatic rings. The number of hydrogen-bond acceptors (Lipinski definition) is 3. The zero-order valence-corrected chi connectivity index (χ0v) is 13.0. The molecule has 2 N–H and O–H groups in total. The van der Waals surface area contributed by atoms with Crippen molar-refractivity contribution < 1.29 is 34.9 Å². The first-order valence-corrected chi connectivity index (χ1v) is 7.79. The van der Waals surface area contributed by atoms with Crippen LogP contribution in [0.2, 0.25) is 0 Å². The summed E-state index contributed by atoms with van der Waals surface area (Å²) in [6.07, 6.45) is -2.53. The second-order valence-electron chi connectivity index (χ2n) is 4.43. The molecule has 0 spiro atoms. The minimum Gasteiger partial charge on any atom is -0.323 e. The van der Waals surface area contributed by atoms with E-state index in [0.29, 0.717) is 12.8 Å². The van der Waals surface area contributed by atoms with Crippen molar-refractivity contribution in [3.63, 3.8) is 0 Å². The number of unbranched alkanes of at least 4 members (excludes halogenated alkanes) is 3. The largest absolute Gasteiger partial charge is 0.434 e. The lowest BCUT2D eigenvalue weighted by Crippen LogP contribution is -2.52. The average molecular weight is 343 g/mol. The summed E-state index contributed by atoms with van der Waals surface area (Å²) < 4.78 is 92.6. The van der Waals surface area contributed by atoms with Gasteiger partial charge in [0.05, 0.1) is 0 Å². The molecule has 0 aliphatic rings. The van der Waals surface area contributed by atoms with Gasteiger partial charge in [-0.3, -0.25) is 4.55 Å². The zero-order valence-electron chi connectivity index (χ0n) is 12.2. The zero-order chi connectivity index (χ0) is 17.3. The Morgan fingerprint density at radius 1 is 1.10 bits per heavy atom. The molecule has 21 heavy (non-hydrogen) atoms. The van der Waals surface area contributed by atoms with Crippen molar-refractivity contribution in [3.05, 3.63) is 0 Å². The van der Waals surface area contributed by atoms with Gasteiger partial charge in [0.2, 0.25) is 0 Å². The minimum absolute atomic E-state index is 0.0633. The molecule has 0 aromatic heterocycles. The molecule has 0 aliphatic heterocycles. The Morgan fingerprint density at radius 2 is 1.52 bits per heavy atom. The molecule has 0 saturated heterocycles. The number of hydrogen-bond donors (Lipinski definition) is 2. The molecule has 4 nitrogen and oxygen atoms in total. The molecule has 0 aromatic carbocycles. The molecule has 1 unspecified atom stereocenters. The van der Waals surface area contributed by atoms with Gasteiger partial charge in [-0.25, -0.2) is 4.39 Å². The van der Waals surface area contributed by atoms with Crippen molar-refractivity contribution in [3.8, 4) is 0 Å². The number of rotatable bonds is 8. The highest BCUT2D eigenvalue weighted by Gasteiger charge is 2.69. The van der Waals surface area contributed by atoms with Crippen LogP contribution >= 0.6 is 0 Å². The standard InChI is InChI=1S/C9H15F5O3S.C2H7N/c1-2-3-4-5-6-7(10)8(11,12)9(13,14)18(15,16)17;1-3-2/h7H,2-6H2,1H3,(H,15,16,17);3H,1-2H3. The van der Waals surface area contributed by atoms with E-state index in [-0.39, 0.29) is 6.42 Å². The highest BCUT2D eigenvalue weighted by molar-refractivity contribution is 7.87. The van der Waals surface area contributed by atoms with Gasteiger partial charge in [0, 0.05) is 0 Å². The lowest BCUT2D eigenvalue weighted by Gasteiger charge is -2.26. The molecule has 0 radical (unpaired) electrons. The highest BCUT2D eigenvalue weighted by Crippen LogP contribution is 2.43. The summed E-state index contributed by atoms with van der Waals surface area (Å²) in [7, 11) is -2.61. The predicted octanol–water partition coefficient (Wildman–Crippen LogP) is 3.25. The molecular weight excluding hydrogens is 321 g/mol. The van der Waals surface area contributed by atoms with Crippen LogP contribution in [0.3, 0.4) is 0 Å². The topological polar surface area (TPSA) is 66.4 Å². The Labute approximate surface area is 121 Å². The summed E-state index contributed by atoms with van der Waals surface area (Å²) in [4.78, 5) is 0. The van der Waals surface area contributed by atoms with Crippen molar-refractivity contribution in [1.82, 2.24) is 5.32 Å². The summed E-state index contributed by atoms with van der Waals surface area (Å²) in [5.41, 5.74) is 0. The van der Waals surface area contributed by atoms with E-state index in [0.717, 1.165) is 6.42 Å². The van der Waals surface area contributed by atoms with Gasteiger partial charge >= 0.3 is 21.3 Å². The van der Waals surface area contributed by atoms with Crippen molar-refractivity contribution in [2.24, 2.45) is 0 Å². The van der Waals surface area contributed by atoms with Crippen LogP contribution in [0.5, 0.6) is 0 Å². The van der Waals surface area contributed by atoms with Crippen LogP contribution in [0.4, 0.5) is 22.0 Å². The SMILES string of the molecule is CCCCCCC(F)C(F)(F)C(F)(F)S(=O)(=O)O.CNC. The van der Waals surface area contributed by atoms with Gasteiger partial charge < -0.3 is 5.32 Å². The molecule has 0 rings (SSSR count). The van der Waals surface area contributed by atoms with Crippen LogP contribution in [0.15, 0.2) is 0 Å². The van der Waals surface area contributed by atoms with E-state index in [9.17, 15) is 30.4 Å². The van der Waals surface area contributed by atoms with Gasteiger partial charge in [-0.05, 0) is 20.5 Å². The van der Waals surface area contributed by atoms with Gasteiger partial charge in [-0.15, -0.1) is 0 Å². The monoisotopic (exact) mass is 343 g/mol. The maximum atomic E-state index is 13.0. The fraction of sp³-hybridized carbons (Fsp3) is 1.00. The summed E-state index contributed by atoms with van der Waals surface area (Å²) in [5.74, 6) is -5.45. The number of alkyl halides is 5. The highest BCUT2D eigenvalue weighted by atomic mass is 32.2. The lowest BCUT2D eigenvalue weighted by atomic mass is 10.1. The lowest BCUT2D eigenvalue weighted by molar-refractivity contribution is -0.198. The van der Waals surface area contributed by atoms with Gasteiger partial charge in [-0.1, -0.05) is 32.6 Å². The third-order valence-electron chi connectivity index (χ3n) is 2.42. The van der Waals surface area contributed by atoms with Gasteiger partial charge in [0.25, 0.3) is 0 Å². The van der Waals surface area contributed by atoms with Crippen LogP contribution in [0.25, 0.3) is 0 Å². The van der Waals surface area contributed by atoms with Crippen molar-refractivity contribution in [2.75, 3.05) is 14.1 Å². The fourth-order valence-corrected chi connectivity index (χ4v) is 1.76. The van der Waals surface area contributed by atoms with E-state index in [1.54, 1.807) is 0 Å². The van der Waals surface area contributed by atoms with E-state index >= 15 is 0 Å². The van der Waals surface area contributed by atoms with Crippen molar-refractivity contribution in [1.29, 1.82) is 0 Å². The predicted molar refractivity (Wildman–Crippen MR) is 70.1 cm³/mol. The molecule has 0 fully saturated rings. The Morgan fingerprint density at radius 3 is 1.86 bits per heavy atom. The van der Waals surface area contributed by atoms with Crippen LogP contribution in [0.1, 0.15) is 39.0 Å². The van der Waals surface area contributed by atoms with E-state index < -0.39 is 33.9 Å². The second-order valence-corrected chi connectivity index (χ2v) is 5.89. The van der Waals surface area contributed by atoms with Gasteiger partial charge in [0.1, 0.15) is 0 Å². The summed E-state index contributed by atoms with van der Waals surface area (Å²) in [5, 5.41) is -3.08. The number of nitrogens with one attached hydrogen (secondary N) is 1. The molecule has 0 aliphatic carbocycles. The summed E-state index contributed by atoms with van der Waals surface area (Å²) in [6, 6.07) is 0. The second kappa shape index (κ2) is 9.52. The van der Waals surface area contributed by atoms with E-state index in [1.165, 1.54) is 0 Å². The first-order valence-electron chi connectivity index (χ1n) is 6.35. The summed E-state index contributed by atoms with van der Waals surface area (Å²) in [6.45, 7) is 1.81. The fourth-order valence-electron chi connectivity index (χ4n) is 1.29. The molecule has 1 atom stereocenters. The van der Waals surface area contributed by atoms with Crippen molar-refractivity contribution in [2.45, 2.75) is 56.4 Å². The molecule has 0 bridgehead atoms. The molecule has 0 amide bonds. The molecule has 10 heteroatoms. The van der Waals surface area contributed by atoms with Gasteiger partial charge in [-0.2, -0.15) is 26.0 Å². The Kier molecular flexibility index (Phi) is 10.3. The Hall–Kier alpha value is -0.480. The van der Waals surface area contributed by atoms with Crippen LogP contribution in [-0.4, -0.2) is 44.4 Å². The summed E-state index contributed by atoms with van der Waals surface area (Å²) >= 11 is 0. The maximum absolute atomic E-state index is 13.0.